The zero-order chi connectivity index (χ0) is 11.7. The third-order valence-corrected chi connectivity index (χ3v) is 3.57. The fourth-order valence-electron chi connectivity index (χ4n) is 2.50. The highest BCUT2D eigenvalue weighted by Gasteiger charge is 2.38. The van der Waals surface area contributed by atoms with Crippen LogP contribution in [0.1, 0.15) is 26.2 Å². The highest BCUT2D eigenvalue weighted by atomic mass is 16.3. The lowest BCUT2D eigenvalue weighted by atomic mass is 10.2. The summed E-state index contributed by atoms with van der Waals surface area (Å²) in [4.78, 5) is 13.2. The SMILES string of the molecule is CC1CC(NCC(O)C(N)=O)CN1C1CC1. The van der Waals surface area contributed by atoms with E-state index in [2.05, 4.69) is 17.1 Å². The van der Waals surface area contributed by atoms with Crippen molar-refractivity contribution in [1.29, 1.82) is 0 Å². The van der Waals surface area contributed by atoms with Crippen LogP contribution in [0.2, 0.25) is 0 Å². The summed E-state index contributed by atoms with van der Waals surface area (Å²) in [7, 11) is 0. The summed E-state index contributed by atoms with van der Waals surface area (Å²) < 4.78 is 0. The van der Waals surface area contributed by atoms with Gasteiger partial charge in [0.05, 0.1) is 0 Å². The van der Waals surface area contributed by atoms with Gasteiger partial charge in [-0.05, 0) is 26.2 Å². The number of carbonyl (C=O) groups is 1. The number of likely N-dealkylation sites (tertiary alicyclic amines) is 1. The van der Waals surface area contributed by atoms with Gasteiger partial charge in [0.2, 0.25) is 5.91 Å². The van der Waals surface area contributed by atoms with Crippen LogP contribution >= 0.6 is 0 Å². The van der Waals surface area contributed by atoms with E-state index >= 15 is 0 Å². The van der Waals surface area contributed by atoms with Crippen LogP contribution in [0.4, 0.5) is 0 Å². The highest BCUT2D eigenvalue weighted by Crippen LogP contribution is 2.33. The molecule has 5 nitrogen and oxygen atoms in total. The number of amides is 1. The Hall–Kier alpha value is -0.650. The van der Waals surface area contributed by atoms with Gasteiger partial charge in [0.1, 0.15) is 6.10 Å². The maximum atomic E-state index is 10.7. The van der Waals surface area contributed by atoms with E-state index in [9.17, 15) is 9.90 Å². The average Bonchev–Trinajstić information content (AvgIpc) is 3.00. The number of nitrogens with one attached hydrogen (secondary N) is 1. The van der Waals surface area contributed by atoms with E-state index in [1.54, 1.807) is 0 Å². The minimum absolute atomic E-state index is 0.269. The molecule has 3 unspecified atom stereocenters. The molecule has 0 bridgehead atoms. The second-order valence-corrected chi connectivity index (χ2v) is 5.04. The molecule has 1 heterocycles. The van der Waals surface area contributed by atoms with Crippen molar-refractivity contribution in [3.8, 4) is 0 Å². The Kier molecular flexibility index (Phi) is 3.47. The molecule has 1 aliphatic heterocycles. The fraction of sp³-hybridized carbons (Fsp3) is 0.909. The fourth-order valence-corrected chi connectivity index (χ4v) is 2.50. The van der Waals surface area contributed by atoms with E-state index < -0.39 is 12.0 Å². The lowest BCUT2D eigenvalue weighted by Gasteiger charge is -2.20. The largest absolute Gasteiger partial charge is 0.382 e. The molecule has 0 aromatic rings. The lowest BCUT2D eigenvalue weighted by Crippen LogP contribution is -2.42. The molecule has 0 radical (unpaired) electrons. The first kappa shape index (κ1) is 11.8. The first-order chi connectivity index (χ1) is 7.58. The number of primary amides is 1. The van der Waals surface area contributed by atoms with Crippen LogP contribution in [-0.2, 0) is 4.79 Å². The zero-order valence-corrected chi connectivity index (χ0v) is 9.72. The third kappa shape index (κ3) is 2.72. The quantitative estimate of drug-likeness (QED) is 0.566. The molecule has 2 rings (SSSR count). The Morgan fingerprint density at radius 3 is 2.88 bits per heavy atom. The second kappa shape index (κ2) is 4.69. The predicted molar refractivity (Wildman–Crippen MR) is 60.8 cm³/mol. The van der Waals surface area contributed by atoms with Crippen LogP contribution in [0, 0.1) is 0 Å². The molecule has 0 aromatic heterocycles. The molecule has 5 heteroatoms. The summed E-state index contributed by atoms with van der Waals surface area (Å²) in [6, 6.07) is 1.77. The molecule has 1 aliphatic carbocycles. The summed E-state index contributed by atoms with van der Waals surface area (Å²) in [6.45, 7) is 3.53. The summed E-state index contributed by atoms with van der Waals surface area (Å²) >= 11 is 0. The Morgan fingerprint density at radius 1 is 1.62 bits per heavy atom. The number of hydrogen-bond acceptors (Lipinski definition) is 4. The van der Waals surface area contributed by atoms with Gasteiger partial charge in [-0.15, -0.1) is 0 Å². The monoisotopic (exact) mass is 227 g/mol. The molecule has 3 atom stereocenters. The smallest absolute Gasteiger partial charge is 0.247 e. The van der Waals surface area contributed by atoms with Gasteiger partial charge in [-0.2, -0.15) is 0 Å². The van der Waals surface area contributed by atoms with Gasteiger partial charge in [0, 0.05) is 31.2 Å². The van der Waals surface area contributed by atoms with Gasteiger partial charge >= 0.3 is 0 Å². The lowest BCUT2D eigenvalue weighted by molar-refractivity contribution is -0.125. The molecule has 0 spiro atoms. The van der Waals surface area contributed by atoms with Gasteiger partial charge in [-0.1, -0.05) is 0 Å². The summed E-state index contributed by atoms with van der Waals surface area (Å²) in [5.41, 5.74) is 4.99. The van der Waals surface area contributed by atoms with Gasteiger partial charge in [0.15, 0.2) is 0 Å². The summed E-state index contributed by atoms with van der Waals surface area (Å²) in [5.74, 6) is -0.655. The zero-order valence-electron chi connectivity index (χ0n) is 9.72. The third-order valence-electron chi connectivity index (χ3n) is 3.57. The Bertz CT molecular complexity index is 268. The number of rotatable bonds is 5. The van der Waals surface area contributed by atoms with Crippen molar-refractivity contribution in [1.82, 2.24) is 10.2 Å². The van der Waals surface area contributed by atoms with Crippen molar-refractivity contribution in [2.24, 2.45) is 5.73 Å². The first-order valence-electron chi connectivity index (χ1n) is 6.04. The summed E-state index contributed by atoms with van der Waals surface area (Å²) in [6.07, 6.45) is 2.66. The van der Waals surface area contributed by atoms with E-state index in [1.807, 2.05) is 0 Å². The molecule has 2 aliphatic rings. The van der Waals surface area contributed by atoms with Crippen LogP contribution in [-0.4, -0.2) is 53.2 Å². The molecule has 4 N–H and O–H groups in total. The minimum atomic E-state index is -1.06. The molecular formula is C11H21N3O2. The molecule has 1 saturated heterocycles. The van der Waals surface area contributed by atoms with E-state index in [1.165, 1.54) is 12.8 Å². The van der Waals surface area contributed by atoms with Gasteiger partial charge in [0.25, 0.3) is 0 Å². The topological polar surface area (TPSA) is 78.6 Å². The molecule has 2 fully saturated rings. The standard InChI is InChI=1S/C11H21N3O2/c1-7-4-8(6-14(7)9-2-3-9)13-5-10(15)11(12)16/h7-10,13,15H,2-6H2,1H3,(H2,12,16). The van der Waals surface area contributed by atoms with Crippen molar-refractivity contribution >= 4 is 5.91 Å². The van der Waals surface area contributed by atoms with Crippen molar-refractivity contribution < 1.29 is 9.90 Å². The van der Waals surface area contributed by atoms with E-state index in [-0.39, 0.29) is 6.54 Å². The molecule has 16 heavy (non-hydrogen) atoms. The van der Waals surface area contributed by atoms with Crippen LogP contribution < -0.4 is 11.1 Å². The van der Waals surface area contributed by atoms with Gasteiger partial charge < -0.3 is 16.2 Å². The average molecular weight is 227 g/mol. The normalized spacial score (nSPS) is 32.9. The summed E-state index contributed by atoms with van der Waals surface area (Å²) in [5, 5.41) is 12.5. The second-order valence-electron chi connectivity index (χ2n) is 5.04. The maximum Gasteiger partial charge on any atom is 0.247 e. The minimum Gasteiger partial charge on any atom is -0.382 e. The van der Waals surface area contributed by atoms with E-state index in [0.29, 0.717) is 12.1 Å². The number of aliphatic hydroxyl groups excluding tert-OH is 1. The van der Waals surface area contributed by atoms with Gasteiger partial charge in [-0.25, -0.2) is 0 Å². The van der Waals surface area contributed by atoms with Crippen molar-refractivity contribution in [3.63, 3.8) is 0 Å². The number of hydrogen-bond donors (Lipinski definition) is 3. The Morgan fingerprint density at radius 2 is 2.31 bits per heavy atom. The van der Waals surface area contributed by atoms with Gasteiger partial charge in [-0.3, -0.25) is 9.69 Å². The molecule has 0 aromatic carbocycles. The van der Waals surface area contributed by atoms with Crippen molar-refractivity contribution in [2.75, 3.05) is 13.1 Å². The number of nitrogens with zero attached hydrogens (tertiary/aromatic N) is 1. The molecule has 1 amide bonds. The number of aliphatic hydroxyl groups is 1. The highest BCUT2D eigenvalue weighted by molar-refractivity contribution is 5.78. The predicted octanol–water partition coefficient (Wildman–Crippen LogP) is -0.953. The first-order valence-corrected chi connectivity index (χ1v) is 6.04. The van der Waals surface area contributed by atoms with Crippen LogP contribution in [0.25, 0.3) is 0 Å². The van der Waals surface area contributed by atoms with Crippen LogP contribution in [0.3, 0.4) is 0 Å². The van der Waals surface area contributed by atoms with E-state index in [0.717, 1.165) is 19.0 Å². The van der Waals surface area contributed by atoms with Crippen molar-refractivity contribution in [3.05, 3.63) is 0 Å². The molecule has 92 valence electrons. The number of carbonyl (C=O) groups excluding carboxylic acids is 1. The number of nitrogens with two attached hydrogens (primary N) is 1. The Labute approximate surface area is 96.0 Å². The van der Waals surface area contributed by atoms with Crippen LogP contribution in [0.5, 0.6) is 0 Å². The van der Waals surface area contributed by atoms with Crippen molar-refractivity contribution in [2.45, 2.75) is 50.4 Å². The van der Waals surface area contributed by atoms with E-state index in [4.69, 9.17) is 5.73 Å². The Balaban J connectivity index is 1.73. The maximum absolute atomic E-state index is 10.7. The molecular weight excluding hydrogens is 206 g/mol. The molecule has 1 saturated carbocycles. The van der Waals surface area contributed by atoms with Crippen LogP contribution in [0.15, 0.2) is 0 Å².